The molecule has 0 amide bonds. The minimum absolute atomic E-state index is 0.237. The second-order valence-electron chi connectivity index (χ2n) is 11.6. The number of ether oxygens (including phenoxy) is 2. The number of fused-ring (bicyclic) bond motifs is 4. The molecule has 0 aliphatic carbocycles. The number of hydrogen-bond acceptors (Lipinski definition) is 9. The maximum absolute atomic E-state index is 10.5. The van der Waals surface area contributed by atoms with Gasteiger partial charge < -0.3 is 34.6 Å². The fraction of sp³-hybridized carbons (Fsp3) is 0.533. The van der Waals surface area contributed by atoms with E-state index in [2.05, 4.69) is 45.3 Å². The van der Waals surface area contributed by atoms with Crippen molar-refractivity contribution < 1.29 is 14.6 Å². The Morgan fingerprint density at radius 3 is 2.85 bits per heavy atom. The third-order valence-electron chi connectivity index (χ3n) is 9.14. The molecular formula is C30H38N6O3. The predicted molar refractivity (Wildman–Crippen MR) is 152 cm³/mol. The highest BCUT2D eigenvalue weighted by Crippen LogP contribution is 2.37. The van der Waals surface area contributed by atoms with Crippen LogP contribution in [-0.2, 0) is 17.7 Å². The lowest BCUT2D eigenvalue weighted by molar-refractivity contribution is 0.0947. The molecule has 0 saturated carbocycles. The van der Waals surface area contributed by atoms with E-state index >= 15 is 0 Å². The molecule has 0 spiro atoms. The average Bonchev–Trinajstić information content (AvgIpc) is 3.50. The van der Waals surface area contributed by atoms with Crippen molar-refractivity contribution in [3.63, 3.8) is 0 Å². The number of hydrogen-bond donors (Lipinski definition) is 2. The molecule has 3 fully saturated rings. The van der Waals surface area contributed by atoms with Crippen molar-refractivity contribution in [2.75, 3.05) is 56.7 Å². The lowest BCUT2D eigenvalue weighted by Crippen LogP contribution is -2.53. The van der Waals surface area contributed by atoms with E-state index in [0.29, 0.717) is 37.3 Å². The number of nitrogens with zero attached hydrogens (tertiary/aromatic N) is 5. The molecule has 3 saturated heterocycles. The Bertz CT molecular complexity index is 1370. The van der Waals surface area contributed by atoms with Crippen LogP contribution >= 0.6 is 0 Å². The van der Waals surface area contributed by atoms with E-state index < -0.39 is 0 Å². The number of benzene rings is 2. The molecule has 4 aliphatic rings. The second kappa shape index (κ2) is 10.1. The molecule has 1 unspecified atom stereocenters. The first-order chi connectivity index (χ1) is 19.1. The maximum atomic E-state index is 10.5. The Labute approximate surface area is 229 Å². The van der Waals surface area contributed by atoms with Crippen LogP contribution in [0.15, 0.2) is 36.4 Å². The summed E-state index contributed by atoms with van der Waals surface area (Å²) in [6.45, 7) is 4.98. The van der Waals surface area contributed by atoms with Gasteiger partial charge in [-0.15, -0.1) is 0 Å². The number of aromatic hydroxyl groups is 1. The van der Waals surface area contributed by atoms with Crippen LogP contribution in [0.4, 0.5) is 11.5 Å². The number of piperazine rings is 1. The van der Waals surface area contributed by atoms with Crippen molar-refractivity contribution in [3.05, 3.63) is 47.7 Å². The minimum atomic E-state index is 0.237. The van der Waals surface area contributed by atoms with Gasteiger partial charge in [0, 0.05) is 61.5 Å². The Morgan fingerprint density at radius 2 is 2.00 bits per heavy atom. The van der Waals surface area contributed by atoms with E-state index in [1.807, 2.05) is 25.3 Å². The Morgan fingerprint density at radius 1 is 1.10 bits per heavy atom. The van der Waals surface area contributed by atoms with Crippen molar-refractivity contribution in [3.8, 4) is 11.8 Å². The number of methoxy groups -OCH3 is 1. The normalized spacial score (nSPS) is 26.8. The first-order valence-corrected chi connectivity index (χ1v) is 14.3. The number of anilines is 2. The zero-order chi connectivity index (χ0) is 26.5. The van der Waals surface area contributed by atoms with Crippen LogP contribution in [0.1, 0.15) is 30.5 Å². The number of phenols is 1. The largest absolute Gasteiger partial charge is 0.508 e. The second-order valence-corrected chi connectivity index (χ2v) is 11.6. The summed E-state index contributed by atoms with van der Waals surface area (Å²) in [4.78, 5) is 17.2. The van der Waals surface area contributed by atoms with Crippen molar-refractivity contribution >= 4 is 22.3 Å². The molecule has 2 bridgehead atoms. The van der Waals surface area contributed by atoms with Gasteiger partial charge in [-0.3, -0.25) is 0 Å². The van der Waals surface area contributed by atoms with Crippen LogP contribution in [0.2, 0.25) is 0 Å². The van der Waals surface area contributed by atoms with Gasteiger partial charge in [0.15, 0.2) is 0 Å². The fourth-order valence-corrected chi connectivity index (χ4v) is 7.05. The van der Waals surface area contributed by atoms with Gasteiger partial charge in [-0.1, -0.05) is 24.3 Å². The highest BCUT2D eigenvalue weighted by atomic mass is 16.5. The molecule has 5 heterocycles. The van der Waals surface area contributed by atoms with E-state index in [9.17, 15) is 5.11 Å². The highest BCUT2D eigenvalue weighted by molar-refractivity contribution is 5.95. The summed E-state index contributed by atoms with van der Waals surface area (Å²) in [7, 11) is 3.98. The van der Waals surface area contributed by atoms with Crippen molar-refractivity contribution in [1.29, 1.82) is 0 Å². The van der Waals surface area contributed by atoms with Gasteiger partial charge in [-0.05, 0) is 50.7 Å². The third kappa shape index (κ3) is 4.66. The van der Waals surface area contributed by atoms with E-state index in [1.165, 1.54) is 12.0 Å². The molecule has 39 heavy (non-hydrogen) atoms. The van der Waals surface area contributed by atoms with E-state index in [1.54, 1.807) is 0 Å². The topological polar surface area (TPSA) is 86.2 Å². The van der Waals surface area contributed by atoms with Gasteiger partial charge in [0.2, 0.25) is 0 Å². The number of phenolic OH excluding ortho intramolecular Hbond substituents is 1. The zero-order valence-electron chi connectivity index (χ0n) is 22.8. The Hall–Kier alpha value is -3.14. The fourth-order valence-electron chi connectivity index (χ4n) is 7.05. The molecule has 0 radical (unpaired) electrons. The molecule has 3 aromatic rings. The number of likely N-dealkylation sites (tertiary alicyclic amines) is 1. The number of nitrogens with one attached hydrogen (secondary N) is 1. The quantitative estimate of drug-likeness (QED) is 0.500. The number of aromatic nitrogens is 2. The summed E-state index contributed by atoms with van der Waals surface area (Å²) in [5.41, 5.74) is 3.27. The number of rotatable bonds is 6. The van der Waals surface area contributed by atoms with Gasteiger partial charge in [-0.2, -0.15) is 9.97 Å². The van der Waals surface area contributed by atoms with Crippen LogP contribution < -0.4 is 19.9 Å². The predicted octanol–water partition coefficient (Wildman–Crippen LogP) is 2.94. The first kappa shape index (κ1) is 24.9. The van der Waals surface area contributed by atoms with Gasteiger partial charge >= 0.3 is 6.01 Å². The Balaban J connectivity index is 1.23. The SMILES string of the molecule is CO[C@@H]1C[C@@H]2CN(c3nc(OC[C@@H]4CCCN4C)nc4c3CCN(c3cc(O)cc5ccccc35)C4)CC1N2. The molecule has 4 aliphatic heterocycles. The minimum Gasteiger partial charge on any atom is -0.508 e. The smallest absolute Gasteiger partial charge is 0.318 e. The molecular weight excluding hydrogens is 492 g/mol. The summed E-state index contributed by atoms with van der Waals surface area (Å²) >= 11 is 0. The molecule has 2 aromatic carbocycles. The molecule has 4 atom stereocenters. The molecule has 1 aromatic heterocycles. The molecule has 9 nitrogen and oxygen atoms in total. The van der Waals surface area contributed by atoms with Crippen LogP contribution in [0.25, 0.3) is 10.8 Å². The van der Waals surface area contributed by atoms with E-state index in [0.717, 1.165) is 73.4 Å². The standard InChI is InChI=1S/C30H38N6O3/c1-34-10-5-7-21(34)18-39-30-32-25-16-35(27-14-22(37)12-19-6-3-4-8-23(19)27)11-9-24(25)29(33-30)36-15-20-13-28(38-2)26(17-36)31-20/h3-4,6,8,12,14,20-21,26,28,31,37H,5,7,9-11,13,15-18H2,1-2H3/t20-,21+,26?,28-/m1/s1. The monoisotopic (exact) mass is 530 g/mol. The van der Waals surface area contributed by atoms with Gasteiger partial charge in [-0.25, -0.2) is 0 Å². The van der Waals surface area contributed by atoms with Gasteiger partial charge in [0.25, 0.3) is 0 Å². The van der Waals surface area contributed by atoms with Crippen molar-refractivity contribution in [2.24, 2.45) is 0 Å². The van der Waals surface area contributed by atoms with Crippen molar-refractivity contribution in [2.45, 2.75) is 56.5 Å². The maximum Gasteiger partial charge on any atom is 0.318 e. The van der Waals surface area contributed by atoms with Crippen LogP contribution in [-0.4, -0.2) is 91.1 Å². The summed E-state index contributed by atoms with van der Waals surface area (Å²) < 4.78 is 12.1. The highest BCUT2D eigenvalue weighted by Gasteiger charge is 2.41. The number of likely N-dealkylation sites (N-methyl/N-ethyl adjacent to an activating group) is 1. The molecule has 7 rings (SSSR count). The lowest BCUT2D eigenvalue weighted by atomic mass is 10.0. The third-order valence-corrected chi connectivity index (χ3v) is 9.14. The Kier molecular flexibility index (Phi) is 6.45. The van der Waals surface area contributed by atoms with Crippen LogP contribution in [0.3, 0.4) is 0 Å². The van der Waals surface area contributed by atoms with Crippen LogP contribution in [0, 0.1) is 0 Å². The van der Waals surface area contributed by atoms with Crippen LogP contribution in [0.5, 0.6) is 11.8 Å². The van der Waals surface area contributed by atoms with Crippen molar-refractivity contribution in [1.82, 2.24) is 20.2 Å². The lowest BCUT2D eigenvalue weighted by Gasteiger charge is -2.38. The molecule has 2 N–H and O–H groups in total. The van der Waals surface area contributed by atoms with E-state index in [-0.39, 0.29) is 11.9 Å². The zero-order valence-corrected chi connectivity index (χ0v) is 22.8. The van der Waals surface area contributed by atoms with E-state index in [4.69, 9.17) is 19.4 Å². The summed E-state index contributed by atoms with van der Waals surface area (Å²) in [5.74, 6) is 1.30. The van der Waals surface area contributed by atoms with Gasteiger partial charge in [0.05, 0.1) is 24.4 Å². The molecule has 9 heteroatoms. The molecule has 206 valence electrons. The first-order valence-electron chi connectivity index (χ1n) is 14.3. The summed E-state index contributed by atoms with van der Waals surface area (Å²) in [5, 5.41) is 16.4. The summed E-state index contributed by atoms with van der Waals surface area (Å²) in [6.07, 6.45) is 4.46. The van der Waals surface area contributed by atoms with Gasteiger partial charge in [0.1, 0.15) is 18.2 Å². The summed E-state index contributed by atoms with van der Waals surface area (Å²) in [6, 6.07) is 13.5. The average molecular weight is 531 g/mol.